The summed E-state index contributed by atoms with van der Waals surface area (Å²) >= 11 is 0. The standard InChI is InChI=1S/C23H28F2N6O/c1-29(13-18-2-5-20(6-3-18)30-10-8-26-9-11-30)14-23(32,15-31-17-27-16-28-31)21-7-4-19(24)12-22(21)25/h2-7,12,16-17,26,32H,8-11,13-15H2,1H3. The highest BCUT2D eigenvalue weighted by atomic mass is 19.1. The van der Waals surface area contributed by atoms with Crippen LogP contribution in [0, 0.1) is 11.6 Å². The molecule has 0 aliphatic carbocycles. The van der Waals surface area contributed by atoms with E-state index in [-0.39, 0.29) is 18.7 Å². The van der Waals surface area contributed by atoms with Crippen LogP contribution in [0.3, 0.4) is 0 Å². The third-order valence-corrected chi connectivity index (χ3v) is 5.73. The molecule has 0 radical (unpaired) electrons. The highest BCUT2D eigenvalue weighted by Crippen LogP contribution is 2.28. The van der Waals surface area contributed by atoms with Crippen LogP contribution in [0.5, 0.6) is 0 Å². The van der Waals surface area contributed by atoms with Crippen molar-refractivity contribution in [2.45, 2.75) is 18.7 Å². The molecule has 32 heavy (non-hydrogen) atoms. The smallest absolute Gasteiger partial charge is 0.137 e. The van der Waals surface area contributed by atoms with Gasteiger partial charge in [0.1, 0.15) is 29.9 Å². The van der Waals surface area contributed by atoms with Crippen LogP contribution in [-0.4, -0.2) is 64.5 Å². The van der Waals surface area contributed by atoms with E-state index in [1.54, 1.807) is 0 Å². The number of rotatable bonds is 8. The van der Waals surface area contributed by atoms with Crippen molar-refractivity contribution in [3.63, 3.8) is 0 Å². The normalized spacial score (nSPS) is 16.3. The molecule has 4 rings (SSSR count). The number of hydrogen-bond donors (Lipinski definition) is 2. The molecule has 1 fully saturated rings. The zero-order chi connectivity index (χ0) is 22.6. The maximum absolute atomic E-state index is 14.6. The molecule has 9 heteroatoms. The molecular formula is C23H28F2N6O. The van der Waals surface area contributed by atoms with Crippen molar-refractivity contribution >= 4 is 5.69 Å². The lowest BCUT2D eigenvalue weighted by atomic mass is 9.92. The topological polar surface area (TPSA) is 69.4 Å². The van der Waals surface area contributed by atoms with Crippen molar-refractivity contribution in [1.82, 2.24) is 25.0 Å². The van der Waals surface area contributed by atoms with Gasteiger partial charge >= 0.3 is 0 Å². The third-order valence-electron chi connectivity index (χ3n) is 5.73. The minimum absolute atomic E-state index is 0.0121. The van der Waals surface area contributed by atoms with Crippen molar-refractivity contribution in [3.05, 3.63) is 77.9 Å². The molecule has 2 aromatic carbocycles. The molecule has 2 heterocycles. The Bertz CT molecular complexity index is 1010. The Kier molecular flexibility index (Phi) is 6.78. The molecule has 3 aromatic rings. The lowest BCUT2D eigenvalue weighted by Gasteiger charge is -2.33. The van der Waals surface area contributed by atoms with Crippen LogP contribution in [-0.2, 0) is 18.7 Å². The lowest BCUT2D eigenvalue weighted by molar-refractivity contribution is -0.0175. The van der Waals surface area contributed by atoms with Crippen molar-refractivity contribution in [2.75, 3.05) is 44.7 Å². The molecular weight excluding hydrogens is 414 g/mol. The average Bonchev–Trinajstić information content (AvgIpc) is 3.27. The molecule has 0 bridgehead atoms. The fraction of sp³-hybridized carbons (Fsp3) is 0.391. The molecule has 1 aliphatic rings. The number of benzene rings is 2. The van der Waals surface area contributed by atoms with Crippen LogP contribution in [0.1, 0.15) is 11.1 Å². The van der Waals surface area contributed by atoms with Gasteiger partial charge in [-0.15, -0.1) is 0 Å². The first-order valence-electron chi connectivity index (χ1n) is 10.7. The van der Waals surface area contributed by atoms with Gasteiger partial charge in [0.15, 0.2) is 0 Å². The molecule has 170 valence electrons. The zero-order valence-electron chi connectivity index (χ0n) is 18.1. The average molecular weight is 443 g/mol. The van der Waals surface area contributed by atoms with Gasteiger partial charge in [0.25, 0.3) is 0 Å². The Morgan fingerprint density at radius 1 is 1.12 bits per heavy atom. The fourth-order valence-corrected chi connectivity index (χ4v) is 4.22. The predicted molar refractivity (Wildman–Crippen MR) is 118 cm³/mol. The third kappa shape index (κ3) is 5.29. The molecule has 1 atom stereocenters. The fourth-order valence-electron chi connectivity index (χ4n) is 4.22. The van der Waals surface area contributed by atoms with Gasteiger partial charge in [-0.2, -0.15) is 5.10 Å². The molecule has 0 amide bonds. The second-order valence-electron chi connectivity index (χ2n) is 8.32. The van der Waals surface area contributed by atoms with Crippen molar-refractivity contribution < 1.29 is 13.9 Å². The van der Waals surface area contributed by atoms with Gasteiger partial charge in [0, 0.05) is 56.6 Å². The highest BCUT2D eigenvalue weighted by Gasteiger charge is 2.34. The highest BCUT2D eigenvalue weighted by molar-refractivity contribution is 5.48. The van der Waals surface area contributed by atoms with Gasteiger partial charge < -0.3 is 15.3 Å². The SMILES string of the molecule is CN(Cc1ccc(N2CCNCC2)cc1)CC(O)(Cn1cncn1)c1ccc(F)cc1F. The number of likely N-dealkylation sites (N-methyl/N-ethyl adjacent to an activating group) is 1. The first-order valence-corrected chi connectivity index (χ1v) is 10.7. The van der Waals surface area contributed by atoms with Gasteiger partial charge in [-0.05, 0) is 30.8 Å². The van der Waals surface area contributed by atoms with E-state index in [0.29, 0.717) is 6.54 Å². The summed E-state index contributed by atoms with van der Waals surface area (Å²) in [6, 6.07) is 11.6. The first-order chi connectivity index (χ1) is 15.4. The van der Waals surface area contributed by atoms with Crippen molar-refractivity contribution in [3.8, 4) is 0 Å². The molecule has 0 saturated carbocycles. The van der Waals surface area contributed by atoms with Gasteiger partial charge in [0.2, 0.25) is 0 Å². The Morgan fingerprint density at radius 3 is 2.53 bits per heavy atom. The Morgan fingerprint density at radius 2 is 1.88 bits per heavy atom. The lowest BCUT2D eigenvalue weighted by Crippen LogP contribution is -2.43. The Hall–Kier alpha value is -2.88. The summed E-state index contributed by atoms with van der Waals surface area (Å²) in [5.74, 6) is -1.48. The second kappa shape index (κ2) is 9.72. The number of halogens is 2. The molecule has 1 unspecified atom stereocenters. The van der Waals surface area contributed by atoms with E-state index in [4.69, 9.17) is 0 Å². The van der Waals surface area contributed by atoms with Gasteiger partial charge in [-0.3, -0.25) is 4.90 Å². The summed E-state index contributed by atoms with van der Waals surface area (Å²) in [6.45, 7) is 4.60. The van der Waals surface area contributed by atoms with Gasteiger partial charge in [-0.25, -0.2) is 18.4 Å². The van der Waals surface area contributed by atoms with E-state index < -0.39 is 17.2 Å². The van der Waals surface area contributed by atoms with Crippen LogP contribution in [0.2, 0.25) is 0 Å². The van der Waals surface area contributed by atoms with E-state index in [2.05, 4.69) is 44.6 Å². The quantitative estimate of drug-likeness (QED) is 0.556. The zero-order valence-corrected chi connectivity index (χ0v) is 18.1. The second-order valence-corrected chi connectivity index (χ2v) is 8.32. The summed E-state index contributed by atoms with van der Waals surface area (Å²) in [6.07, 6.45) is 2.81. The van der Waals surface area contributed by atoms with Crippen LogP contribution in [0.15, 0.2) is 55.1 Å². The number of piperazine rings is 1. The summed E-state index contributed by atoms with van der Waals surface area (Å²) in [4.78, 5) is 8.16. The van der Waals surface area contributed by atoms with Gasteiger partial charge in [-0.1, -0.05) is 18.2 Å². The maximum Gasteiger partial charge on any atom is 0.137 e. The molecule has 1 aliphatic heterocycles. The van der Waals surface area contributed by atoms with E-state index in [1.165, 1.54) is 29.1 Å². The van der Waals surface area contributed by atoms with Crippen LogP contribution in [0.4, 0.5) is 14.5 Å². The number of anilines is 1. The molecule has 0 spiro atoms. The minimum atomic E-state index is -1.62. The maximum atomic E-state index is 14.6. The predicted octanol–water partition coefficient (Wildman–Crippen LogP) is 1.99. The number of hydrogen-bond acceptors (Lipinski definition) is 6. The van der Waals surface area contributed by atoms with Crippen molar-refractivity contribution in [1.29, 1.82) is 0 Å². The van der Waals surface area contributed by atoms with E-state index in [1.807, 2.05) is 11.9 Å². The minimum Gasteiger partial charge on any atom is -0.382 e. The van der Waals surface area contributed by atoms with E-state index in [9.17, 15) is 13.9 Å². The number of nitrogens with one attached hydrogen (secondary N) is 1. The summed E-state index contributed by atoms with van der Waals surface area (Å²) < 4.78 is 29.5. The molecule has 1 saturated heterocycles. The number of aromatic nitrogens is 3. The summed E-state index contributed by atoms with van der Waals surface area (Å²) in [5, 5.41) is 18.9. The molecule has 2 N–H and O–H groups in total. The van der Waals surface area contributed by atoms with Crippen LogP contribution >= 0.6 is 0 Å². The van der Waals surface area contributed by atoms with Crippen LogP contribution < -0.4 is 10.2 Å². The van der Waals surface area contributed by atoms with Crippen molar-refractivity contribution in [2.24, 2.45) is 0 Å². The molecule has 7 nitrogen and oxygen atoms in total. The van der Waals surface area contributed by atoms with E-state index >= 15 is 0 Å². The number of aliphatic hydroxyl groups is 1. The van der Waals surface area contributed by atoms with Crippen LogP contribution in [0.25, 0.3) is 0 Å². The largest absolute Gasteiger partial charge is 0.382 e. The molecule has 1 aromatic heterocycles. The van der Waals surface area contributed by atoms with Gasteiger partial charge in [0.05, 0.1) is 6.54 Å². The number of nitrogens with zero attached hydrogens (tertiary/aromatic N) is 5. The summed E-state index contributed by atoms with van der Waals surface area (Å²) in [5.41, 5.74) is 0.666. The Labute approximate surface area is 186 Å². The Balaban J connectivity index is 1.49. The summed E-state index contributed by atoms with van der Waals surface area (Å²) in [7, 11) is 1.86. The first kappa shape index (κ1) is 22.3. The van der Waals surface area contributed by atoms with E-state index in [0.717, 1.165) is 43.9 Å². The monoisotopic (exact) mass is 442 g/mol.